The molecule has 0 saturated carbocycles. The number of nitrogens with one attached hydrogen (secondary N) is 1. The Morgan fingerprint density at radius 1 is 1.25 bits per heavy atom. The molecule has 0 bridgehead atoms. The van der Waals surface area contributed by atoms with Gasteiger partial charge in [-0.15, -0.1) is 8.78 Å². The Labute approximate surface area is 216 Å². The number of halogens is 3. The number of carbonyl (C=O) groups excluding carboxylic acids is 1. The maximum atomic E-state index is 13.2. The van der Waals surface area contributed by atoms with Crippen molar-refractivity contribution in [2.45, 2.75) is 37.5 Å². The van der Waals surface area contributed by atoms with E-state index in [0.717, 1.165) is 54.7 Å². The van der Waals surface area contributed by atoms with Crippen molar-refractivity contribution in [1.82, 2.24) is 9.78 Å². The van der Waals surface area contributed by atoms with Crippen LogP contribution in [0.3, 0.4) is 0 Å². The third kappa shape index (κ3) is 5.30. The second-order valence-electron chi connectivity index (χ2n) is 8.57. The largest absolute Gasteiger partial charge is 0.487 e. The normalized spacial score (nSPS) is 17.7. The van der Waals surface area contributed by atoms with Gasteiger partial charge >= 0.3 is 5.57 Å². The SMILES string of the molecule is CSN1CCc2cc(C(=O)Nc3ccc(OC(F)(F)Cl)cc3)cc(-c3ccnn3C3CCCCO3)c21. The molecule has 0 radical (unpaired) electrons. The minimum atomic E-state index is -3.80. The average molecular weight is 535 g/mol. The molecule has 36 heavy (non-hydrogen) atoms. The first kappa shape index (κ1) is 24.9. The summed E-state index contributed by atoms with van der Waals surface area (Å²) in [5.74, 6) is -0.416. The topological polar surface area (TPSA) is 68.6 Å². The molecule has 2 aromatic carbocycles. The van der Waals surface area contributed by atoms with E-state index >= 15 is 0 Å². The quantitative estimate of drug-likeness (QED) is 0.283. The van der Waals surface area contributed by atoms with Gasteiger partial charge in [0.25, 0.3) is 5.91 Å². The number of amides is 1. The van der Waals surface area contributed by atoms with E-state index in [2.05, 4.69) is 19.5 Å². The van der Waals surface area contributed by atoms with E-state index in [-0.39, 0.29) is 17.9 Å². The van der Waals surface area contributed by atoms with Gasteiger partial charge < -0.3 is 19.1 Å². The van der Waals surface area contributed by atoms with Gasteiger partial charge in [-0.3, -0.25) is 4.79 Å². The summed E-state index contributed by atoms with van der Waals surface area (Å²) in [4.78, 5) is 13.2. The molecule has 1 aromatic heterocycles. The molecule has 1 atom stereocenters. The van der Waals surface area contributed by atoms with Crippen LogP contribution in [0.15, 0.2) is 48.7 Å². The lowest BCUT2D eigenvalue weighted by Gasteiger charge is -2.26. The predicted molar refractivity (Wildman–Crippen MR) is 137 cm³/mol. The Morgan fingerprint density at radius 2 is 2.06 bits per heavy atom. The molecule has 3 heterocycles. The number of carbonyl (C=O) groups is 1. The van der Waals surface area contributed by atoms with E-state index in [4.69, 9.17) is 16.3 Å². The molecule has 1 amide bonds. The number of aromatic nitrogens is 2. The van der Waals surface area contributed by atoms with E-state index in [1.807, 2.05) is 29.1 Å². The van der Waals surface area contributed by atoms with Crippen molar-refractivity contribution in [2.24, 2.45) is 0 Å². The third-order valence-electron chi connectivity index (χ3n) is 6.23. The fourth-order valence-corrected chi connectivity index (χ4v) is 5.40. The van der Waals surface area contributed by atoms with Crippen molar-refractivity contribution in [3.05, 3.63) is 59.8 Å². The Morgan fingerprint density at radius 3 is 2.75 bits per heavy atom. The van der Waals surface area contributed by atoms with Crippen LogP contribution >= 0.6 is 23.5 Å². The van der Waals surface area contributed by atoms with E-state index in [1.54, 1.807) is 18.1 Å². The fourth-order valence-electron chi connectivity index (χ4n) is 4.64. The van der Waals surface area contributed by atoms with E-state index in [9.17, 15) is 13.6 Å². The van der Waals surface area contributed by atoms with Gasteiger partial charge in [0, 0.05) is 54.0 Å². The molecule has 5 rings (SSSR count). The third-order valence-corrected chi connectivity index (χ3v) is 7.11. The first-order valence-corrected chi connectivity index (χ1v) is 13.2. The summed E-state index contributed by atoms with van der Waals surface area (Å²) in [6, 6.07) is 11.3. The van der Waals surface area contributed by atoms with Gasteiger partial charge in [0.05, 0.1) is 11.4 Å². The Bertz CT molecular complexity index is 1240. The number of benzene rings is 2. The van der Waals surface area contributed by atoms with Crippen molar-refractivity contribution >= 4 is 40.8 Å². The summed E-state index contributed by atoms with van der Waals surface area (Å²) < 4.78 is 40.2. The molecular weight excluding hydrogens is 510 g/mol. The number of nitrogens with zero attached hydrogens (tertiary/aromatic N) is 3. The highest BCUT2D eigenvalue weighted by Gasteiger charge is 2.29. The molecule has 2 aliphatic rings. The Balaban J connectivity index is 1.46. The fraction of sp³-hybridized carbons (Fsp3) is 0.360. The molecule has 2 aliphatic heterocycles. The molecule has 11 heteroatoms. The molecule has 0 spiro atoms. The maximum absolute atomic E-state index is 13.2. The highest BCUT2D eigenvalue weighted by atomic mass is 35.5. The summed E-state index contributed by atoms with van der Waals surface area (Å²) in [5, 5.41) is 7.39. The van der Waals surface area contributed by atoms with Crippen LogP contribution in [-0.2, 0) is 11.2 Å². The number of alkyl halides is 3. The number of anilines is 2. The van der Waals surface area contributed by atoms with E-state index in [1.165, 1.54) is 24.3 Å². The first-order chi connectivity index (χ1) is 17.3. The van der Waals surface area contributed by atoms with Crippen LogP contribution in [-0.4, -0.2) is 40.7 Å². The first-order valence-electron chi connectivity index (χ1n) is 11.6. The van der Waals surface area contributed by atoms with Crippen LogP contribution in [0.25, 0.3) is 11.3 Å². The molecule has 190 valence electrons. The number of ether oxygens (including phenoxy) is 2. The van der Waals surface area contributed by atoms with Crippen LogP contribution < -0.4 is 14.4 Å². The number of fused-ring (bicyclic) bond motifs is 1. The van der Waals surface area contributed by atoms with Crippen LogP contribution in [0.2, 0.25) is 0 Å². The summed E-state index contributed by atoms with van der Waals surface area (Å²) in [6.45, 7) is 1.54. The second kappa shape index (κ2) is 10.3. The van der Waals surface area contributed by atoms with Crippen LogP contribution in [0.1, 0.15) is 41.4 Å². The Hall–Kier alpha value is -2.82. The van der Waals surface area contributed by atoms with Crippen molar-refractivity contribution < 1.29 is 23.0 Å². The van der Waals surface area contributed by atoms with Crippen LogP contribution in [0.4, 0.5) is 20.2 Å². The molecule has 3 aromatic rings. The van der Waals surface area contributed by atoms with Gasteiger partial charge in [-0.05, 0) is 73.7 Å². The monoisotopic (exact) mass is 534 g/mol. The highest BCUT2D eigenvalue weighted by Crippen LogP contribution is 2.43. The zero-order valence-corrected chi connectivity index (χ0v) is 21.1. The second-order valence-corrected chi connectivity index (χ2v) is 9.82. The number of hydrogen-bond acceptors (Lipinski definition) is 6. The number of hydrogen-bond donors (Lipinski definition) is 1. The summed E-state index contributed by atoms with van der Waals surface area (Å²) in [5.41, 5.74) is 1.13. The molecule has 7 nitrogen and oxygen atoms in total. The van der Waals surface area contributed by atoms with Crippen molar-refractivity contribution in [2.75, 3.05) is 29.0 Å². The van der Waals surface area contributed by atoms with E-state index in [0.29, 0.717) is 17.9 Å². The summed E-state index contributed by atoms with van der Waals surface area (Å²) in [6.07, 6.45) is 7.48. The molecule has 1 saturated heterocycles. The van der Waals surface area contributed by atoms with Gasteiger partial charge in [0.15, 0.2) is 6.23 Å². The smallest absolute Gasteiger partial charge is 0.420 e. The molecular formula is C25H25ClF2N4O3S. The van der Waals surface area contributed by atoms with Gasteiger partial charge in [0.2, 0.25) is 0 Å². The molecule has 0 aliphatic carbocycles. The predicted octanol–water partition coefficient (Wildman–Crippen LogP) is 6.31. The average Bonchev–Trinajstić information content (AvgIpc) is 3.51. The summed E-state index contributed by atoms with van der Waals surface area (Å²) >= 11 is 6.46. The zero-order chi connectivity index (χ0) is 25.3. The standard InChI is InChI=1S/C25H25ClF2N4O3S/c1-36-31-12-10-16-14-17(24(33)30-18-5-7-19(8-6-18)35-25(26,27)28)15-20(23(16)31)21-9-11-29-32(21)22-4-2-3-13-34-22/h5-9,11,14-15,22H,2-4,10,12-13H2,1H3,(H,30,33). The van der Waals surface area contributed by atoms with Gasteiger partial charge in [-0.1, -0.05) is 11.9 Å². The van der Waals surface area contributed by atoms with Gasteiger partial charge in [0.1, 0.15) is 5.75 Å². The van der Waals surface area contributed by atoms with Gasteiger partial charge in [-0.2, -0.15) is 5.10 Å². The lowest BCUT2D eigenvalue weighted by molar-refractivity contribution is -0.0964. The minimum absolute atomic E-state index is 0.108. The molecule has 1 fully saturated rings. The zero-order valence-electron chi connectivity index (χ0n) is 19.5. The minimum Gasteiger partial charge on any atom is -0.420 e. The maximum Gasteiger partial charge on any atom is 0.487 e. The van der Waals surface area contributed by atoms with E-state index < -0.39 is 5.57 Å². The van der Waals surface area contributed by atoms with Crippen molar-refractivity contribution in [3.8, 4) is 17.0 Å². The van der Waals surface area contributed by atoms with Crippen molar-refractivity contribution in [3.63, 3.8) is 0 Å². The van der Waals surface area contributed by atoms with Crippen molar-refractivity contribution in [1.29, 1.82) is 0 Å². The number of rotatable bonds is 7. The van der Waals surface area contributed by atoms with Gasteiger partial charge in [-0.25, -0.2) is 4.68 Å². The highest BCUT2D eigenvalue weighted by molar-refractivity contribution is 8.00. The van der Waals surface area contributed by atoms with Crippen LogP contribution in [0.5, 0.6) is 5.75 Å². The van der Waals surface area contributed by atoms with Crippen LogP contribution in [0, 0.1) is 0 Å². The Kier molecular flexibility index (Phi) is 7.09. The lowest BCUT2D eigenvalue weighted by atomic mass is 9.99. The summed E-state index contributed by atoms with van der Waals surface area (Å²) in [7, 11) is 0. The lowest BCUT2D eigenvalue weighted by Crippen LogP contribution is -2.20. The molecule has 1 unspecified atom stereocenters. The molecule has 1 N–H and O–H groups in total.